The molecule has 0 aliphatic carbocycles. The topological polar surface area (TPSA) is 17.0 Å². The Morgan fingerprint density at radius 3 is 2.72 bits per heavy atom. The largest absolute Gasteiger partial charge is 0.343 e. The molecule has 3 aromatic rings. The standard InChI is InChI=1S/C21H24ClFN2/c1-2-3-6-12-24-13-16-14-25(21-11-5-4-8-17(16)21)15-18-19(22)9-7-10-20(18)23/h4-5,7-11,14,24H,2-3,6,12-13,15H2,1H3. The van der Waals surface area contributed by atoms with Crippen LogP contribution in [0.1, 0.15) is 37.3 Å². The van der Waals surface area contributed by atoms with Gasteiger partial charge >= 0.3 is 0 Å². The summed E-state index contributed by atoms with van der Waals surface area (Å²) >= 11 is 6.20. The summed E-state index contributed by atoms with van der Waals surface area (Å²) in [5.74, 6) is -0.260. The highest BCUT2D eigenvalue weighted by atomic mass is 35.5. The lowest BCUT2D eigenvalue weighted by Crippen LogP contribution is -2.14. The van der Waals surface area contributed by atoms with Crippen LogP contribution in [-0.2, 0) is 13.1 Å². The van der Waals surface area contributed by atoms with E-state index in [2.05, 4.69) is 35.1 Å². The monoisotopic (exact) mass is 358 g/mol. The fourth-order valence-corrected chi connectivity index (χ4v) is 3.39. The van der Waals surface area contributed by atoms with Gasteiger partial charge in [0.05, 0.1) is 6.54 Å². The van der Waals surface area contributed by atoms with Crippen LogP contribution < -0.4 is 5.32 Å². The van der Waals surface area contributed by atoms with Crippen molar-refractivity contribution >= 4 is 22.5 Å². The van der Waals surface area contributed by atoms with Gasteiger partial charge in [-0.1, -0.05) is 55.6 Å². The number of hydrogen-bond acceptors (Lipinski definition) is 1. The molecule has 0 amide bonds. The summed E-state index contributed by atoms with van der Waals surface area (Å²) in [6, 6.07) is 13.1. The Labute approximate surface area is 153 Å². The fraction of sp³-hybridized carbons (Fsp3) is 0.333. The van der Waals surface area contributed by atoms with Crippen LogP contribution in [0.3, 0.4) is 0 Å². The maximum Gasteiger partial charge on any atom is 0.129 e. The van der Waals surface area contributed by atoms with Crippen molar-refractivity contribution in [2.24, 2.45) is 0 Å². The number of aromatic nitrogens is 1. The molecule has 4 heteroatoms. The van der Waals surface area contributed by atoms with Crippen LogP contribution in [0.4, 0.5) is 4.39 Å². The number of nitrogens with one attached hydrogen (secondary N) is 1. The number of fused-ring (bicyclic) bond motifs is 1. The second-order valence-electron chi connectivity index (χ2n) is 6.38. The van der Waals surface area contributed by atoms with Gasteiger partial charge in [-0.05, 0) is 36.7 Å². The third kappa shape index (κ3) is 4.23. The molecule has 0 unspecified atom stereocenters. The summed E-state index contributed by atoms with van der Waals surface area (Å²) in [5, 5.41) is 5.19. The van der Waals surface area contributed by atoms with Gasteiger partial charge in [0.25, 0.3) is 0 Å². The number of halogens is 2. The molecular weight excluding hydrogens is 335 g/mol. The van der Waals surface area contributed by atoms with Crippen molar-refractivity contribution in [3.8, 4) is 0 Å². The van der Waals surface area contributed by atoms with Crippen molar-refractivity contribution in [1.82, 2.24) is 9.88 Å². The molecule has 0 radical (unpaired) electrons. The number of hydrogen-bond donors (Lipinski definition) is 1. The first-order valence-electron chi connectivity index (χ1n) is 8.91. The van der Waals surface area contributed by atoms with Gasteiger partial charge in [-0.3, -0.25) is 0 Å². The fourth-order valence-electron chi connectivity index (χ4n) is 3.17. The molecule has 0 saturated heterocycles. The average Bonchev–Trinajstić information content (AvgIpc) is 2.96. The smallest absolute Gasteiger partial charge is 0.129 e. The quantitative estimate of drug-likeness (QED) is 0.506. The lowest BCUT2D eigenvalue weighted by atomic mass is 10.1. The van der Waals surface area contributed by atoms with Crippen molar-refractivity contribution in [2.75, 3.05) is 6.54 Å². The van der Waals surface area contributed by atoms with Gasteiger partial charge in [0.15, 0.2) is 0 Å². The van der Waals surface area contributed by atoms with E-state index in [4.69, 9.17) is 11.6 Å². The molecule has 2 aromatic carbocycles. The highest BCUT2D eigenvalue weighted by molar-refractivity contribution is 6.31. The third-order valence-electron chi connectivity index (χ3n) is 4.53. The minimum absolute atomic E-state index is 0.260. The third-order valence-corrected chi connectivity index (χ3v) is 4.89. The summed E-state index contributed by atoms with van der Waals surface area (Å²) in [7, 11) is 0. The van der Waals surface area contributed by atoms with E-state index < -0.39 is 0 Å². The maximum absolute atomic E-state index is 14.2. The van der Waals surface area contributed by atoms with Gasteiger partial charge in [-0.25, -0.2) is 4.39 Å². The Morgan fingerprint density at radius 1 is 1.08 bits per heavy atom. The highest BCUT2D eigenvalue weighted by Gasteiger charge is 2.12. The predicted octanol–water partition coefficient (Wildman–Crippen LogP) is 5.76. The Morgan fingerprint density at radius 2 is 1.92 bits per heavy atom. The van der Waals surface area contributed by atoms with Gasteiger partial charge in [0.2, 0.25) is 0 Å². The summed E-state index contributed by atoms with van der Waals surface area (Å²) < 4.78 is 16.2. The van der Waals surface area contributed by atoms with E-state index >= 15 is 0 Å². The van der Waals surface area contributed by atoms with E-state index in [1.165, 1.54) is 36.3 Å². The van der Waals surface area contributed by atoms with Crippen molar-refractivity contribution in [3.63, 3.8) is 0 Å². The van der Waals surface area contributed by atoms with Crippen LogP contribution in [0, 0.1) is 5.82 Å². The molecule has 1 aromatic heterocycles. The molecule has 0 saturated carbocycles. The molecule has 1 N–H and O–H groups in total. The van der Waals surface area contributed by atoms with E-state index in [0.29, 0.717) is 17.1 Å². The zero-order valence-corrected chi connectivity index (χ0v) is 15.3. The first kappa shape index (κ1) is 18.0. The molecule has 132 valence electrons. The molecule has 0 aliphatic heterocycles. The molecule has 1 heterocycles. The minimum atomic E-state index is -0.260. The van der Waals surface area contributed by atoms with E-state index in [0.717, 1.165) is 18.6 Å². The first-order valence-corrected chi connectivity index (χ1v) is 9.29. The molecule has 25 heavy (non-hydrogen) atoms. The van der Waals surface area contributed by atoms with Crippen LogP contribution in [-0.4, -0.2) is 11.1 Å². The van der Waals surface area contributed by atoms with Gasteiger partial charge in [0, 0.05) is 34.2 Å². The van der Waals surface area contributed by atoms with Gasteiger partial charge < -0.3 is 9.88 Å². The SMILES string of the molecule is CCCCCNCc1cn(Cc2c(F)cccc2Cl)c2ccccc12. The number of para-hydroxylation sites is 1. The second-order valence-corrected chi connectivity index (χ2v) is 6.79. The number of nitrogens with zero attached hydrogens (tertiary/aromatic N) is 1. The average molecular weight is 359 g/mol. The lowest BCUT2D eigenvalue weighted by molar-refractivity contribution is 0.600. The van der Waals surface area contributed by atoms with E-state index in [-0.39, 0.29) is 5.82 Å². The van der Waals surface area contributed by atoms with Gasteiger partial charge in [0.1, 0.15) is 5.82 Å². The predicted molar refractivity (Wildman–Crippen MR) is 104 cm³/mol. The summed E-state index contributed by atoms with van der Waals surface area (Å²) in [4.78, 5) is 0. The second kappa shape index (κ2) is 8.50. The van der Waals surface area contributed by atoms with Crippen molar-refractivity contribution < 1.29 is 4.39 Å². The maximum atomic E-state index is 14.2. The summed E-state index contributed by atoms with van der Waals surface area (Å²) in [6.07, 6.45) is 5.78. The molecule has 2 nitrogen and oxygen atoms in total. The Kier molecular flexibility index (Phi) is 6.11. The van der Waals surface area contributed by atoms with E-state index in [1.54, 1.807) is 12.1 Å². The molecule has 0 aliphatic rings. The molecule has 0 bridgehead atoms. The van der Waals surface area contributed by atoms with Crippen molar-refractivity contribution in [1.29, 1.82) is 0 Å². The Balaban J connectivity index is 1.84. The van der Waals surface area contributed by atoms with Crippen LogP contribution in [0.25, 0.3) is 10.9 Å². The van der Waals surface area contributed by atoms with Crippen LogP contribution in [0.2, 0.25) is 5.02 Å². The highest BCUT2D eigenvalue weighted by Crippen LogP contribution is 2.25. The lowest BCUT2D eigenvalue weighted by Gasteiger charge is -2.08. The van der Waals surface area contributed by atoms with Crippen molar-refractivity contribution in [3.05, 3.63) is 70.6 Å². The van der Waals surface area contributed by atoms with E-state index in [1.807, 2.05) is 12.1 Å². The Bertz CT molecular complexity index is 821. The van der Waals surface area contributed by atoms with Crippen LogP contribution in [0.15, 0.2) is 48.7 Å². The van der Waals surface area contributed by atoms with Gasteiger partial charge in [-0.15, -0.1) is 0 Å². The van der Waals surface area contributed by atoms with Crippen LogP contribution >= 0.6 is 11.6 Å². The van der Waals surface area contributed by atoms with E-state index in [9.17, 15) is 4.39 Å². The minimum Gasteiger partial charge on any atom is -0.343 e. The van der Waals surface area contributed by atoms with Gasteiger partial charge in [-0.2, -0.15) is 0 Å². The number of unbranched alkanes of at least 4 members (excludes halogenated alkanes) is 2. The zero-order valence-electron chi connectivity index (χ0n) is 14.6. The molecular formula is C21H24ClFN2. The Hall–Kier alpha value is -1.84. The zero-order chi connectivity index (χ0) is 17.6. The van der Waals surface area contributed by atoms with Crippen molar-refractivity contribution in [2.45, 2.75) is 39.3 Å². The van der Waals surface area contributed by atoms with Crippen LogP contribution in [0.5, 0.6) is 0 Å². The normalized spacial score (nSPS) is 11.3. The molecule has 0 spiro atoms. The number of rotatable bonds is 8. The molecule has 0 fully saturated rings. The summed E-state index contributed by atoms with van der Waals surface area (Å²) in [6.45, 7) is 4.48. The molecule has 3 rings (SSSR count). The molecule has 0 atom stereocenters. The summed E-state index contributed by atoms with van der Waals surface area (Å²) in [5.41, 5.74) is 2.87. The first-order chi connectivity index (χ1) is 12.2. The number of benzene rings is 2.